The smallest absolute Gasteiger partial charge is 0.270 e. The summed E-state index contributed by atoms with van der Waals surface area (Å²) in [7, 11) is 0. The van der Waals surface area contributed by atoms with Crippen LogP contribution in [-0.2, 0) is 6.54 Å². The normalized spacial score (nSPS) is 10.2. The molecule has 0 spiro atoms. The van der Waals surface area contributed by atoms with Gasteiger partial charge < -0.3 is 10.6 Å². The minimum Gasteiger partial charge on any atom is -0.347 e. The van der Waals surface area contributed by atoms with Crippen molar-refractivity contribution < 1.29 is 9.59 Å². The molecule has 0 unspecified atom stereocenters. The number of amides is 2. The summed E-state index contributed by atoms with van der Waals surface area (Å²) in [5.41, 5.74) is 3.28. The fourth-order valence-corrected chi connectivity index (χ4v) is 2.49. The first kappa shape index (κ1) is 17.4. The number of benzene rings is 2. The molecule has 0 saturated heterocycles. The van der Waals surface area contributed by atoms with E-state index >= 15 is 0 Å². The number of nitrogens with zero attached hydrogens (tertiary/aromatic N) is 1. The molecule has 0 aliphatic heterocycles. The van der Waals surface area contributed by atoms with Gasteiger partial charge in [-0.15, -0.1) is 0 Å². The molecule has 0 fully saturated rings. The summed E-state index contributed by atoms with van der Waals surface area (Å²) in [6, 6.07) is 21.8. The maximum atomic E-state index is 12.4. The highest BCUT2D eigenvalue weighted by Gasteiger charge is 2.09. The van der Waals surface area contributed by atoms with Crippen molar-refractivity contribution in [2.75, 3.05) is 5.32 Å². The molecule has 0 bridgehead atoms. The van der Waals surface area contributed by atoms with Crippen LogP contribution in [0.1, 0.15) is 32.1 Å². The Balaban J connectivity index is 1.64. The third-order valence-electron chi connectivity index (χ3n) is 3.79. The van der Waals surface area contributed by atoms with Crippen LogP contribution in [-0.4, -0.2) is 16.8 Å². The Labute approximate surface area is 152 Å². The molecule has 1 aromatic heterocycles. The first-order valence-electron chi connectivity index (χ1n) is 8.29. The van der Waals surface area contributed by atoms with Gasteiger partial charge in [0.05, 0.1) is 0 Å². The van der Waals surface area contributed by atoms with Gasteiger partial charge in [0.1, 0.15) is 5.69 Å². The molecule has 5 nitrogen and oxygen atoms in total. The van der Waals surface area contributed by atoms with Gasteiger partial charge in [-0.2, -0.15) is 0 Å². The van der Waals surface area contributed by atoms with Crippen molar-refractivity contribution in [3.05, 3.63) is 95.3 Å². The predicted molar refractivity (Wildman–Crippen MR) is 101 cm³/mol. The number of aryl methyl sites for hydroxylation is 1. The predicted octanol–water partition coefficient (Wildman–Crippen LogP) is 3.57. The van der Waals surface area contributed by atoms with Gasteiger partial charge in [-0.05, 0) is 48.9 Å². The summed E-state index contributed by atoms with van der Waals surface area (Å²) < 4.78 is 0. The number of carbonyl (C=O) groups is 2. The van der Waals surface area contributed by atoms with E-state index in [1.54, 1.807) is 30.3 Å². The summed E-state index contributed by atoms with van der Waals surface area (Å²) in [4.78, 5) is 28.7. The fraction of sp³-hybridized carbons (Fsp3) is 0.0952. The number of anilines is 1. The average molecular weight is 345 g/mol. The van der Waals surface area contributed by atoms with Crippen molar-refractivity contribution in [2.45, 2.75) is 13.5 Å². The van der Waals surface area contributed by atoms with E-state index in [0.29, 0.717) is 17.8 Å². The molecule has 0 aliphatic rings. The average Bonchev–Trinajstić information content (AvgIpc) is 2.67. The Bertz CT molecular complexity index is 923. The van der Waals surface area contributed by atoms with Gasteiger partial charge in [-0.25, -0.2) is 4.98 Å². The van der Waals surface area contributed by atoms with E-state index in [-0.39, 0.29) is 11.8 Å². The number of para-hydroxylation sites is 1. The van der Waals surface area contributed by atoms with Crippen molar-refractivity contribution in [1.29, 1.82) is 0 Å². The monoisotopic (exact) mass is 345 g/mol. The molecule has 2 amide bonds. The van der Waals surface area contributed by atoms with E-state index in [9.17, 15) is 9.59 Å². The lowest BCUT2D eigenvalue weighted by molar-refractivity contribution is 0.0945. The second-order valence-corrected chi connectivity index (χ2v) is 5.87. The van der Waals surface area contributed by atoms with Crippen LogP contribution in [0.15, 0.2) is 72.8 Å². The van der Waals surface area contributed by atoms with Crippen molar-refractivity contribution in [3.63, 3.8) is 0 Å². The second-order valence-electron chi connectivity index (χ2n) is 5.87. The molecule has 3 aromatic rings. The van der Waals surface area contributed by atoms with Crippen LogP contribution in [0.3, 0.4) is 0 Å². The minimum absolute atomic E-state index is 0.190. The van der Waals surface area contributed by atoms with Crippen molar-refractivity contribution in [3.8, 4) is 0 Å². The van der Waals surface area contributed by atoms with E-state index in [2.05, 4.69) is 15.6 Å². The lowest BCUT2D eigenvalue weighted by Gasteiger charge is -2.08. The number of hydrogen-bond donors (Lipinski definition) is 2. The standard InChI is InChI=1S/C21H19N3O2/c1-15-7-5-12-19(23-15)21(26)22-14-16-8-6-9-17(13-16)20(25)24-18-10-3-2-4-11-18/h2-13H,14H2,1H3,(H,22,26)(H,24,25). The number of carbonyl (C=O) groups excluding carboxylic acids is 2. The lowest BCUT2D eigenvalue weighted by atomic mass is 10.1. The number of rotatable bonds is 5. The topological polar surface area (TPSA) is 71.1 Å². The van der Waals surface area contributed by atoms with Crippen LogP contribution in [0.2, 0.25) is 0 Å². The number of pyridine rings is 1. The van der Waals surface area contributed by atoms with E-state index < -0.39 is 0 Å². The highest BCUT2D eigenvalue weighted by atomic mass is 16.2. The zero-order chi connectivity index (χ0) is 18.4. The first-order chi connectivity index (χ1) is 12.6. The Morgan fingerprint density at radius 3 is 2.42 bits per heavy atom. The molecular formula is C21H19N3O2. The molecule has 2 N–H and O–H groups in total. The zero-order valence-corrected chi connectivity index (χ0v) is 14.4. The van der Waals surface area contributed by atoms with Gasteiger partial charge in [0.25, 0.3) is 11.8 Å². The van der Waals surface area contributed by atoms with Gasteiger partial charge in [-0.1, -0.05) is 36.4 Å². The molecule has 3 rings (SSSR count). The quantitative estimate of drug-likeness (QED) is 0.742. The molecule has 2 aromatic carbocycles. The molecule has 1 heterocycles. The Hall–Kier alpha value is -3.47. The second kappa shape index (κ2) is 8.07. The van der Waals surface area contributed by atoms with Crippen LogP contribution in [0, 0.1) is 6.92 Å². The van der Waals surface area contributed by atoms with Crippen molar-refractivity contribution in [1.82, 2.24) is 10.3 Å². The number of nitrogens with one attached hydrogen (secondary N) is 2. The summed E-state index contributed by atoms with van der Waals surface area (Å²) >= 11 is 0. The van der Waals surface area contributed by atoms with Gasteiger partial charge in [0.15, 0.2) is 0 Å². The summed E-state index contributed by atoms with van der Waals surface area (Å²) in [6.07, 6.45) is 0. The summed E-state index contributed by atoms with van der Waals surface area (Å²) in [5.74, 6) is -0.433. The molecule has 130 valence electrons. The third kappa shape index (κ3) is 4.54. The minimum atomic E-state index is -0.243. The molecular weight excluding hydrogens is 326 g/mol. The van der Waals surface area contributed by atoms with Gasteiger partial charge in [0, 0.05) is 23.5 Å². The maximum absolute atomic E-state index is 12.4. The maximum Gasteiger partial charge on any atom is 0.270 e. The Morgan fingerprint density at radius 2 is 1.65 bits per heavy atom. The molecule has 0 aliphatic carbocycles. The largest absolute Gasteiger partial charge is 0.347 e. The van der Waals surface area contributed by atoms with Crippen molar-refractivity contribution >= 4 is 17.5 Å². The van der Waals surface area contributed by atoms with E-state index in [4.69, 9.17) is 0 Å². The fourth-order valence-electron chi connectivity index (χ4n) is 2.49. The molecule has 0 atom stereocenters. The highest BCUT2D eigenvalue weighted by molar-refractivity contribution is 6.04. The first-order valence-corrected chi connectivity index (χ1v) is 8.29. The third-order valence-corrected chi connectivity index (χ3v) is 3.79. The Kier molecular flexibility index (Phi) is 5.39. The highest BCUT2D eigenvalue weighted by Crippen LogP contribution is 2.11. The van der Waals surface area contributed by atoms with E-state index in [0.717, 1.165) is 16.9 Å². The molecule has 26 heavy (non-hydrogen) atoms. The van der Waals surface area contributed by atoms with Crippen LogP contribution in [0.4, 0.5) is 5.69 Å². The van der Waals surface area contributed by atoms with E-state index in [1.807, 2.05) is 49.4 Å². The summed E-state index contributed by atoms with van der Waals surface area (Å²) in [5, 5.41) is 5.67. The van der Waals surface area contributed by atoms with Crippen LogP contribution >= 0.6 is 0 Å². The van der Waals surface area contributed by atoms with Crippen molar-refractivity contribution in [2.24, 2.45) is 0 Å². The van der Waals surface area contributed by atoms with Gasteiger partial charge in [-0.3, -0.25) is 9.59 Å². The molecule has 0 saturated carbocycles. The van der Waals surface area contributed by atoms with Crippen LogP contribution in [0.5, 0.6) is 0 Å². The van der Waals surface area contributed by atoms with Crippen LogP contribution < -0.4 is 10.6 Å². The van der Waals surface area contributed by atoms with E-state index in [1.165, 1.54) is 0 Å². The number of hydrogen-bond acceptors (Lipinski definition) is 3. The summed E-state index contributed by atoms with van der Waals surface area (Å²) in [6.45, 7) is 2.16. The zero-order valence-electron chi connectivity index (χ0n) is 14.4. The van der Waals surface area contributed by atoms with Gasteiger partial charge >= 0.3 is 0 Å². The molecule has 0 radical (unpaired) electrons. The SMILES string of the molecule is Cc1cccc(C(=O)NCc2cccc(C(=O)Nc3ccccc3)c2)n1. The Morgan fingerprint density at radius 1 is 0.885 bits per heavy atom. The lowest BCUT2D eigenvalue weighted by Crippen LogP contribution is -2.24. The van der Waals surface area contributed by atoms with Crippen LogP contribution in [0.25, 0.3) is 0 Å². The number of aromatic nitrogens is 1. The van der Waals surface area contributed by atoms with Gasteiger partial charge in [0.2, 0.25) is 0 Å². The molecule has 5 heteroatoms.